The quantitative estimate of drug-likeness (QED) is 0.888. The third-order valence-electron chi connectivity index (χ3n) is 2.43. The summed E-state index contributed by atoms with van der Waals surface area (Å²) in [4.78, 5) is 13.2. The van der Waals surface area contributed by atoms with Gasteiger partial charge >= 0.3 is 0 Å². The van der Waals surface area contributed by atoms with Gasteiger partial charge in [0.1, 0.15) is 6.07 Å². The molecular formula is C12H14ClN3O. The Labute approximate surface area is 106 Å². The maximum atomic E-state index is 11.3. The first-order chi connectivity index (χ1) is 8.12. The van der Waals surface area contributed by atoms with Gasteiger partial charge < -0.3 is 10.2 Å². The lowest BCUT2D eigenvalue weighted by Gasteiger charge is -2.22. The molecule has 1 aromatic rings. The van der Waals surface area contributed by atoms with Crippen molar-refractivity contribution >= 4 is 23.2 Å². The third-order valence-corrected chi connectivity index (χ3v) is 2.75. The van der Waals surface area contributed by atoms with Gasteiger partial charge in [0.05, 0.1) is 17.1 Å². The predicted octanol–water partition coefficient (Wildman–Crippen LogP) is 1.78. The Balaban J connectivity index is 2.93. The first kappa shape index (κ1) is 13.3. The summed E-state index contributed by atoms with van der Waals surface area (Å²) in [5, 5.41) is 11.8. The van der Waals surface area contributed by atoms with Gasteiger partial charge in [-0.2, -0.15) is 5.26 Å². The molecule has 0 saturated heterocycles. The zero-order valence-corrected chi connectivity index (χ0v) is 10.6. The summed E-state index contributed by atoms with van der Waals surface area (Å²) < 4.78 is 0. The number of hydrogen-bond acceptors (Lipinski definition) is 3. The minimum Gasteiger partial charge on any atom is -0.362 e. The van der Waals surface area contributed by atoms with Gasteiger partial charge in [0.15, 0.2) is 0 Å². The van der Waals surface area contributed by atoms with Crippen molar-refractivity contribution in [3.63, 3.8) is 0 Å². The Morgan fingerprint density at radius 1 is 1.59 bits per heavy atom. The Morgan fingerprint density at radius 2 is 2.29 bits per heavy atom. The molecule has 1 amide bonds. The van der Waals surface area contributed by atoms with Gasteiger partial charge in [-0.15, -0.1) is 0 Å². The van der Waals surface area contributed by atoms with Crippen LogP contribution in [0.15, 0.2) is 18.2 Å². The number of carbonyl (C=O) groups is 1. The first-order valence-electron chi connectivity index (χ1n) is 5.27. The van der Waals surface area contributed by atoms with Crippen molar-refractivity contribution in [2.45, 2.75) is 6.92 Å². The topological polar surface area (TPSA) is 56.1 Å². The molecule has 0 aromatic heterocycles. The molecule has 0 aliphatic carbocycles. The smallest absolute Gasteiger partial charge is 0.239 e. The summed E-state index contributed by atoms with van der Waals surface area (Å²) in [6, 6.07) is 7.15. The van der Waals surface area contributed by atoms with Crippen molar-refractivity contribution in [1.82, 2.24) is 5.32 Å². The van der Waals surface area contributed by atoms with Crippen LogP contribution in [-0.2, 0) is 4.79 Å². The lowest BCUT2D eigenvalue weighted by molar-refractivity contribution is -0.119. The molecule has 0 atom stereocenters. The van der Waals surface area contributed by atoms with E-state index in [1.54, 1.807) is 25.2 Å². The number of amides is 1. The van der Waals surface area contributed by atoms with Crippen molar-refractivity contribution < 1.29 is 4.79 Å². The number of nitrogens with one attached hydrogen (secondary N) is 1. The van der Waals surface area contributed by atoms with Crippen molar-refractivity contribution in [3.05, 3.63) is 28.8 Å². The highest BCUT2D eigenvalue weighted by atomic mass is 35.5. The van der Waals surface area contributed by atoms with E-state index in [1.807, 2.05) is 17.9 Å². The van der Waals surface area contributed by atoms with Gasteiger partial charge in [-0.1, -0.05) is 11.6 Å². The molecule has 17 heavy (non-hydrogen) atoms. The number of rotatable bonds is 4. The molecule has 0 aliphatic heterocycles. The lowest BCUT2D eigenvalue weighted by atomic mass is 10.2. The molecule has 0 unspecified atom stereocenters. The van der Waals surface area contributed by atoms with E-state index in [4.69, 9.17) is 16.9 Å². The van der Waals surface area contributed by atoms with Gasteiger partial charge in [-0.3, -0.25) is 4.79 Å². The van der Waals surface area contributed by atoms with Crippen LogP contribution in [0.3, 0.4) is 0 Å². The van der Waals surface area contributed by atoms with E-state index < -0.39 is 0 Å². The van der Waals surface area contributed by atoms with Crippen molar-refractivity contribution in [3.8, 4) is 6.07 Å². The van der Waals surface area contributed by atoms with Gasteiger partial charge in [0.25, 0.3) is 0 Å². The monoisotopic (exact) mass is 251 g/mol. The van der Waals surface area contributed by atoms with Crippen LogP contribution in [0.1, 0.15) is 12.5 Å². The third kappa shape index (κ3) is 3.36. The number of benzene rings is 1. The van der Waals surface area contributed by atoms with E-state index in [1.165, 1.54) is 0 Å². The fourth-order valence-electron chi connectivity index (χ4n) is 1.43. The van der Waals surface area contributed by atoms with Gasteiger partial charge in [-0.25, -0.2) is 0 Å². The molecule has 0 spiro atoms. The molecule has 0 fully saturated rings. The Morgan fingerprint density at radius 3 is 2.76 bits per heavy atom. The molecule has 1 N–H and O–H groups in total. The average molecular weight is 252 g/mol. The highest BCUT2D eigenvalue weighted by Crippen LogP contribution is 2.23. The number of carbonyl (C=O) groups excluding carboxylic acids is 1. The molecule has 0 saturated carbocycles. The van der Waals surface area contributed by atoms with Gasteiger partial charge in [0, 0.05) is 19.3 Å². The van der Waals surface area contributed by atoms with E-state index in [9.17, 15) is 4.79 Å². The van der Waals surface area contributed by atoms with E-state index in [0.29, 0.717) is 17.1 Å². The summed E-state index contributed by atoms with van der Waals surface area (Å²) in [7, 11) is 1.60. The largest absolute Gasteiger partial charge is 0.362 e. The average Bonchev–Trinajstić information content (AvgIpc) is 2.35. The van der Waals surface area contributed by atoms with Crippen LogP contribution in [0.25, 0.3) is 0 Å². The molecule has 5 heteroatoms. The number of likely N-dealkylation sites (N-methyl/N-ethyl adjacent to an activating group) is 2. The number of hydrogen-bond donors (Lipinski definition) is 1. The standard InChI is InChI=1S/C12H14ClN3O/c1-3-16(8-12(17)15-2)10-5-4-9(7-14)11(13)6-10/h4-6H,3,8H2,1-2H3,(H,15,17). The number of nitrogens with zero attached hydrogens (tertiary/aromatic N) is 2. The maximum absolute atomic E-state index is 11.3. The number of halogens is 1. The molecular weight excluding hydrogens is 238 g/mol. The SMILES string of the molecule is CCN(CC(=O)NC)c1ccc(C#N)c(Cl)c1. The van der Waals surface area contributed by atoms with E-state index in [2.05, 4.69) is 5.32 Å². The summed E-state index contributed by atoms with van der Waals surface area (Å²) in [5.41, 5.74) is 1.27. The highest BCUT2D eigenvalue weighted by molar-refractivity contribution is 6.32. The molecule has 0 aliphatic rings. The highest BCUT2D eigenvalue weighted by Gasteiger charge is 2.10. The van der Waals surface area contributed by atoms with Gasteiger partial charge in [0.2, 0.25) is 5.91 Å². The zero-order chi connectivity index (χ0) is 12.8. The predicted molar refractivity (Wildman–Crippen MR) is 68.1 cm³/mol. The summed E-state index contributed by atoms with van der Waals surface area (Å²) in [6.45, 7) is 2.92. The fourth-order valence-corrected chi connectivity index (χ4v) is 1.65. The first-order valence-corrected chi connectivity index (χ1v) is 5.65. The van der Waals surface area contributed by atoms with Gasteiger partial charge in [-0.05, 0) is 25.1 Å². The van der Waals surface area contributed by atoms with E-state index in [0.717, 1.165) is 5.69 Å². The summed E-state index contributed by atoms with van der Waals surface area (Å²) in [6.07, 6.45) is 0. The molecule has 1 rings (SSSR count). The fraction of sp³-hybridized carbons (Fsp3) is 0.333. The molecule has 1 aromatic carbocycles. The lowest BCUT2D eigenvalue weighted by Crippen LogP contribution is -2.35. The Kier molecular flexibility index (Phi) is 4.80. The normalized spacial score (nSPS) is 9.53. The molecule has 0 heterocycles. The number of nitriles is 1. The molecule has 90 valence electrons. The van der Waals surface area contributed by atoms with Crippen LogP contribution >= 0.6 is 11.6 Å². The second-order valence-corrected chi connectivity index (χ2v) is 3.87. The van der Waals surface area contributed by atoms with Crippen LogP contribution in [0, 0.1) is 11.3 Å². The van der Waals surface area contributed by atoms with Crippen LogP contribution in [0.2, 0.25) is 5.02 Å². The molecule has 4 nitrogen and oxygen atoms in total. The van der Waals surface area contributed by atoms with Crippen molar-refractivity contribution in [2.24, 2.45) is 0 Å². The van der Waals surface area contributed by atoms with Crippen molar-refractivity contribution in [2.75, 3.05) is 25.0 Å². The Bertz CT molecular complexity index is 454. The minimum absolute atomic E-state index is 0.0627. The van der Waals surface area contributed by atoms with Crippen LogP contribution in [0.5, 0.6) is 0 Å². The van der Waals surface area contributed by atoms with Crippen LogP contribution in [-0.4, -0.2) is 26.0 Å². The minimum atomic E-state index is -0.0627. The van der Waals surface area contributed by atoms with Crippen LogP contribution in [0.4, 0.5) is 5.69 Å². The molecule has 0 radical (unpaired) electrons. The Hall–Kier alpha value is -1.73. The zero-order valence-electron chi connectivity index (χ0n) is 9.83. The van der Waals surface area contributed by atoms with E-state index >= 15 is 0 Å². The summed E-state index contributed by atoms with van der Waals surface area (Å²) in [5.74, 6) is -0.0627. The second-order valence-electron chi connectivity index (χ2n) is 3.46. The second kappa shape index (κ2) is 6.12. The van der Waals surface area contributed by atoms with Crippen LogP contribution < -0.4 is 10.2 Å². The molecule has 0 bridgehead atoms. The number of anilines is 1. The summed E-state index contributed by atoms with van der Waals surface area (Å²) >= 11 is 5.95. The maximum Gasteiger partial charge on any atom is 0.239 e. The van der Waals surface area contributed by atoms with Crippen molar-refractivity contribution in [1.29, 1.82) is 5.26 Å². The van der Waals surface area contributed by atoms with E-state index in [-0.39, 0.29) is 12.5 Å².